The van der Waals surface area contributed by atoms with Crippen molar-refractivity contribution in [2.45, 2.75) is 6.42 Å². The van der Waals surface area contributed by atoms with Crippen LogP contribution in [-0.2, 0) is 0 Å². The Morgan fingerprint density at radius 1 is 1.53 bits per heavy atom. The van der Waals surface area contributed by atoms with Crippen LogP contribution < -0.4 is 5.32 Å². The van der Waals surface area contributed by atoms with E-state index in [-0.39, 0.29) is 5.91 Å². The molecule has 3 nitrogen and oxygen atoms in total. The second-order valence-corrected chi connectivity index (χ2v) is 5.10. The van der Waals surface area contributed by atoms with Crippen molar-refractivity contribution in [1.82, 2.24) is 10.2 Å². The lowest BCUT2D eigenvalue weighted by atomic mass is 10.2. The normalized spacial score (nSPS) is 10.4. The number of hydrogen-bond acceptors (Lipinski definition) is 2. The molecule has 0 aliphatic carbocycles. The summed E-state index contributed by atoms with van der Waals surface area (Å²) in [6.45, 7) is 1.62. The van der Waals surface area contributed by atoms with Gasteiger partial charge in [0.15, 0.2) is 0 Å². The molecule has 1 rings (SSSR count). The third-order valence-electron chi connectivity index (χ3n) is 2.43. The Morgan fingerprint density at radius 3 is 2.88 bits per heavy atom. The van der Waals surface area contributed by atoms with E-state index in [1.807, 2.05) is 7.05 Å². The molecule has 5 heteroatoms. The molecule has 1 amide bonds. The lowest BCUT2D eigenvalue weighted by molar-refractivity contribution is 0.0793. The third-order valence-corrected chi connectivity index (χ3v) is 3.35. The summed E-state index contributed by atoms with van der Waals surface area (Å²) in [4.78, 5) is 13.8. The lowest BCUT2D eigenvalue weighted by Crippen LogP contribution is -2.29. The van der Waals surface area contributed by atoms with Crippen molar-refractivity contribution in [2.24, 2.45) is 0 Å². The first kappa shape index (κ1) is 14.5. The SMILES string of the molecule is CNCCCN(C)C(=O)c1cc(Cl)ccc1Br. The molecule has 0 spiro atoms. The molecule has 0 aliphatic heterocycles. The Kier molecular flexibility index (Phi) is 5.95. The molecule has 0 saturated carbocycles. The van der Waals surface area contributed by atoms with Gasteiger partial charge >= 0.3 is 0 Å². The van der Waals surface area contributed by atoms with Crippen LogP contribution in [0.3, 0.4) is 0 Å². The summed E-state index contributed by atoms with van der Waals surface area (Å²) in [6, 6.07) is 5.23. The maximum Gasteiger partial charge on any atom is 0.254 e. The quantitative estimate of drug-likeness (QED) is 0.847. The summed E-state index contributed by atoms with van der Waals surface area (Å²) in [7, 11) is 3.70. The molecule has 0 radical (unpaired) electrons. The van der Waals surface area contributed by atoms with E-state index in [2.05, 4.69) is 21.2 Å². The van der Waals surface area contributed by atoms with E-state index in [9.17, 15) is 4.79 Å². The highest BCUT2D eigenvalue weighted by Gasteiger charge is 2.14. The molecule has 0 aromatic heterocycles. The Labute approximate surface area is 115 Å². The van der Waals surface area contributed by atoms with Crippen LogP contribution in [0, 0.1) is 0 Å². The molecule has 0 unspecified atom stereocenters. The number of benzene rings is 1. The second kappa shape index (κ2) is 6.99. The number of carbonyl (C=O) groups is 1. The highest BCUT2D eigenvalue weighted by Crippen LogP contribution is 2.22. The van der Waals surface area contributed by atoms with Gasteiger partial charge in [0.1, 0.15) is 0 Å². The molecule has 1 aromatic rings. The zero-order chi connectivity index (χ0) is 12.8. The van der Waals surface area contributed by atoms with Gasteiger partial charge in [-0.15, -0.1) is 0 Å². The summed E-state index contributed by atoms with van der Waals surface area (Å²) in [5.41, 5.74) is 0.601. The van der Waals surface area contributed by atoms with Crippen LogP contribution in [-0.4, -0.2) is 38.0 Å². The zero-order valence-corrected chi connectivity index (χ0v) is 12.3. The molecule has 0 saturated heterocycles. The molecule has 1 N–H and O–H groups in total. The second-order valence-electron chi connectivity index (χ2n) is 3.81. The smallest absolute Gasteiger partial charge is 0.254 e. The zero-order valence-electron chi connectivity index (χ0n) is 9.96. The van der Waals surface area contributed by atoms with Gasteiger partial charge in [0.05, 0.1) is 5.56 Å². The first-order valence-corrected chi connectivity index (χ1v) is 6.58. The topological polar surface area (TPSA) is 32.3 Å². The van der Waals surface area contributed by atoms with Gasteiger partial charge in [0.25, 0.3) is 5.91 Å². The number of amides is 1. The highest BCUT2D eigenvalue weighted by molar-refractivity contribution is 9.10. The number of carbonyl (C=O) groups excluding carboxylic acids is 1. The Bertz CT molecular complexity index is 398. The van der Waals surface area contributed by atoms with Crippen LogP contribution in [0.15, 0.2) is 22.7 Å². The Morgan fingerprint density at radius 2 is 2.24 bits per heavy atom. The van der Waals surface area contributed by atoms with E-state index >= 15 is 0 Å². The number of halogens is 2. The number of nitrogens with zero attached hydrogens (tertiary/aromatic N) is 1. The van der Waals surface area contributed by atoms with Crippen molar-refractivity contribution in [2.75, 3.05) is 27.2 Å². The van der Waals surface area contributed by atoms with Crippen molar-refractivity contribution < 1.29 is 4.79 Å². The van der Waals surface area contributed by atoms with E-state index < -0.39 is 0 Å². The average molecular weight is 320 g/mol. The third kappa shape index (κ3) is 4.30. The number of rotatable bonds is 5. The summed E-state index contributed by atoms with van der Waals surface area (Å²) in [5.74, 6) is -0.0181. The number of nitrogens with one attached hydrogen (secondary N) is 1. The van der Waals surface area contributed by atoms with Gasteiger partial charge in [-0.3, -0.25) is 4.79 Å². The molecule has 94 valence electrons. The highest BCUT2D eigenvalue weighted by atomic mass is 79.9. The van der Waals surface area contributed by atoms with Gasteiger partial charge in [0, 0.05) is 23.1 Å². The van der Waals surface area contributed by atoms with Crippen molar-refractivity contribution in [3.05, 3.63) is 33.3 Å². The molecule has 0 aliphatic rings. The van der Waals surface area contributed by atoms with Crippen LogP contribution >= 0.6 is 27.5 Å². The minimum absolute atomic E-state index is 0.0181. The lowest BCUT2D eigenvalue weighted by Gasteiger charge is -2.18. The molecule has 0 bridgehead atoms. The largest absolute Gasteiger partial charge is 0.342 e. The van der Waals surface area contributed by atoms with Crippen LogP contribution in [0.4, 0.5) is 0 Å². The predicted octanol–water partition coefficient (Wildman–Crippen LogP) is 2.78. The maximum atomic E-state index is 12.1. The predicted molar refractivity (Wildman–Crippen MR) is 74.7 cm³/mol. The Balaban J connectivity index is 2.71. The summed E-state index contributed by atoms with van der Waals surface area (Å²) >= 11 is 9.25. The van der Waals surface area contributed by atoms with E-state index in [4.69, 9.17) is 11.6 Å². The fourth-order valence-corrected chi connectivity index (χ4v) is 2.05. The van der Waals surface area contributed by atoms with E-state index in [1.54, 1.807) is 30.1 Å². The van der Waals surface area contributed by atoms with Gasteiger partial charge < -0.3 is 10.2 Å². The number of hydrogen-bond donors (Lipinski definition) is 1. The first-order chi connectivity index (χ1) is 8.06. The summed E-state index contributed by atoms with van der Waals surface area (Å²) < 4.78 is 0.771. The Hall–Kier alpha value is -0.580. The van der Waals surface area contributed by atoms with Gasteiger partial charge in [-0.2, -0.15) is 0 Å². The van der Waals surface area contributed by atoms with Crippen molar-refractivity contribution >= 4 is 33.4 Å². The molecular formula is C12H16BrClN2O. The summed E-state index contributed by atoms with van der Waals surface area (Å²) in [6.07, 6.45) is 0.928. The van der Waals surface area contributed by atoms with Crippen molar-refractivity contribution in [3.8, 4) is 0 Å². The van der Waals surface area contributed by atoms with Gasteiger partial charge in [-0.05, 0) is 54.1 Å². The average Bonchev–Trinajstić information content (AvgIpc) is 2.31. The van der Waals surface area contributed by atoms with Crippen LogP contribution in [0.1, 0.15) is 16.8 Å². The van der Waals surface area contributed by atoms with E-state index in [1.165, 1.54) is 0 Å². The van der Waals surface area contributed by atoms with Crippen LogP contribution in [0.2, 0.25) is 5.02 Å². The minimum atomic E-state index is -0.0181. The van der Waals surface area contributed by atoms with Gasteiger partial charge in [-0.25, -0.2) is 0 Å². The van der Waals surface area contributed by atoms with Gasteiger partial charge in [0.2, 0.25) is 0 Å². The molecular weight excluding hydrogens is 304 g/mol. The van der Waals surface area contributed by atoms with Crippen LogP contribution in [0.25, 0.3) is 0 Å². The minimum Gasteiger partial charge on any atom is -0.342 e. The van der Waals surface area contributed by atoms with E-state index in [0.29, 0.717) is 10.6 Å². The summed E-state index contributed by atoms with van der Waals surface area (Å²) in [5, 5.41) is 3.62. The van der Waals surface area contributed by atoms with Crippen molar-refractivity contribution in [3.63, 3.8) is 0 Å². The van der Waals surface area contributed by atoms with E-state index in [0.717, 1.165) is 24.0 Å². The monoisotopic (exact) mass is 318 g/mol. The van der Waals surface area contributed by atoms with Gasteiger partial charge in [-0.1, -0.05) is 11.6 Å². The van der Waals surface area contributed by atoms with Crippen molar-refractivity contribution in [1.29, 1.82) is 0 Å². The molecule has 0 fully saturated rings. The molecule has 1 aromatic carbocycles. The van der Waals surface area contributed by atoms with Crippen LogP contribution in [0.5, 0.6) is 0 Å². The standard InChI is InChI=1S/C12H16BrClN2O/c1-15-6-3-7-16(2)12(17)10-8-9(14)4-5-11(10)13/h4-5,8,15H,3,6-7H2,1-2H3. The molecule has 0 heterocycles. The molecule has 17 heavy (non-hydrogen) atoms. The maximum absolute atomic E-state index is 12.1. The fraction of sp³-hybridized carbons (Fsp3) is 0.417. The fourth-order valence-electron chi connectivity index (χ4n) is 1.46. The first-order valence-electron chi connectivity index (χ1n) is 5.41. The molecule has 0 atom stereocenters.